The Hall–Kier alpha value is -2.83. The average Bonchev–Trinajstić information content (AvgIpc) is 3.22. The molecule has 3 heterocycles. The van der Waals surface area contributed by atoms with E-state index in [1.807, 2.05) is 12.1 Å². The lowest BCUT2D eigenvalue weighted by molar-refractivity contribution is 0.0985. The topological polar surface area (TPSA) is 81.3 Å². The van der Waals surface area contributed by atoms with Crippen LogP contribution in [0.3, 0.4) is 0 Å². The van der Waals surface area contributed by atoms with Gasteiger partial charge in [0.2, 0.25) is 0 Å². The highest BCUT2D eigenvalue weighted by atomic mass is 16.2. The molecule has 1 aromatic heterocycles. The molecule has 1 aromatic carbocycles. The summed E-state index contributed by atoms with van der Waals surface area (Å²) in [6.07, 6.45) is 3.55. The van der Waals surface area contributed by atoms with Crippen molar-refractivity contribution in [3.05, 3.63) is 41.7 Å². The van der Waals surface area contributed by atoms with Crippen molar-refractivity contribution in [1.82, 2.24) is 15.5 Å². The molecule has 1 saturated heterocycles. The SMILES string of the molecule is O=C1NCCN1c1ccc(C(=O)N2CCCc3[nH]ncc32)cc1. The Morgan fingerprint density at radius 2 is 2.00 bits per heavy atom. The van der Waals surface area contributed by atoms with Gasteiger partial charge in [0, 0.05) is 30.9 Å². The number of aromatic nitrogens is 2. The smallest absolute Gasteiger partial charge is 0.321 e. The summed E-state index contributed by atoms with van der Waals surface area (Å²) in [5.41, 5.74) is 3.29. The number of fused-ring (bicyclic) bond motifs is 1. The summed E-state index contributed by atoms with van der Waals surface area (Å²) in [4.78, 5) is 27.9. The molecule has 7 heteroatoms. The van der Waals surface area contributed by atoms with Crippen LogP contribution in [0, 0.1) is 0 Å². The van der Waals surface area contributed by atoms with Gasteiger partial charge in [-0.05, 0) is 37.1 Å². The lowest BCUT2D eigenvalue weighted by Gasteiger charge is -2.26. The van der Waals surface area contributed by atoms with Crippen LogP contribution in [0.4, 0.5) is 16.2 Å². The van der Waals surface area contributed by atoms with Crippen LogP contribution in [-0.4, -0.2) is 41.8 Å². The largest absolute Gasteiger partial charge is 0.336 e. The first kappa shape index (κ1) is 13.8. The number of urea groups is 1. The number of benzene rings is 1. The number of nitrogens with one attached hydrogen (secondary N) is 2. The highest BCUT2D eigenvalue weighted by Gasteiger charge is 2.26. The number of amides is 3. The molecule has 2 aliphatic heterocycles. The molecule has 1 fully saturated rings. The van der Waals surface area contributed by atoms with Gasteiger partial charge in [-0.3, -0.25) is 14.8 Å². The minimum absolute atomic E-state index is 0.0372. The Morgan fingerprint density at radius 3 is 2.74 bits per heavy atom. The van der Waals surface area contributed by atoms with Gasteiger partial charge in [0.15, 0.2) is 0 Å². The van der Waals surface area contributed by atoms with Crippen LogP contribution in [0.2, 0.25) is 0 Å². The Labute approximate surface area is 133 Å². The van der Waals surface area contributed by atoms with Gasteiger partial charge in [0.25, 0.3) is 5.91 Å². The maximum Gasteiger partial charge on any atom is 0.321 e. The van der Waals surface area contributed by atoms with Gasteiger partial charge in [0.1, 0.15) is 0 Å². The molecule has 2 aliphatic rings. The van der Waals surface area contributed by atoms with E-state index in [4.69, 9.17) is 0 Å². The van der Waals surface area contributed by atoms with Gasteiger partial charge >= 0.3 is 6.03 Å². The minimum atomic E-state index is -0.0943. The second-order valence-corrected chi connectivity index (χ2v) is 5.72. The summed E-state index contributed by atoms with van der Waals surface area (Å²) >= 11 is 0. The number of hydrogen-bond donors (Lipinski definition) is 2. The van der Waals surface area contributed by atoms with Crippen LogP contribution in [-0.2, 0) is 6.42 Å². The van der Waals surface area contributed by atoms with Gasteiger partial charge < -0.3 is 10.2 Å². The molecule has 0 radical (unpaired) electrons. The summed E-state index contributed by atoms with van der Waals surface area (Å²) in [5.74, 6) is -0.0372. The van der Waals surface area contributed by atoms with E-state index in [2.05, 4.69) is 15.5 Å². The molecule has 2 aromatic rings. The highest BCUT2D eigenvalue weighted by Crippen LogP contribution is 2.27. The maximum atomic E-state index is 12.7. The quantitative estimate of drug-likeness (QED) is 0.882. The van der Waals surface area contributed by atoms with E-state index in [9.17, 15) is 9.59 Å². The Kier molecular flexibility index (Phi) is 3.25. The van der Waals surface area contributed by atoms with Crippen LogP contribution in [0.1, 0.15) is 22.5 Å². The van der Waals surface area contributed by atoms with Crippen LogP contribution < -0.4 is 15.1 Å². The maximum absolute atomic E-state index is 12.7. The van der Waals surface area contributed by atoms with Crippen LogP contribution >= 0.6 is 0 Å². The van der Waals surface area contributed by atoms with Crippen molar-refractivity contribution in [3.8, 4) is 0 Å². The first-order valence-electron chi connectivity index (χ1n) is 7.73. The lowest BCUT2D eigenvalue weighted by atomic mass is 10.1. The summed E-state index contributed by atoms with van der Waals surface area (Å²) < 4.78 is 0. The van der Waals surface area contributed by atoms with E-state index in [-0.39, 0.29) is 11.9 Å². The zero-order valence-corrected chi connectivity index (χ0v) is 12.6. The van der Waals surface area contributed by atoms with E-state index < -0.39 is 0 Å². The van der Waals surface area contributed by atoms with Gasteiger partial charge in [-0.1, -0.05) is 0 Å². The van der Waals surface area contributed by atoms with Crippen molar-refractivity contribution in [2.75, 3.05) is 29.4 Å². The monoisotopic (exact) mass is 311 g/mol. The molecule has 7 nitrogen and oxygen atoms in total. The summed E-state index contributed by atoms with van der Waals surface area (Å²) in [6, 6.07) is 7.09. The molecular formula is C16H17N5O2. The number of rotatable bonds is 2. The Morgan fingerprint density at radius 1 is 1.17 bits per heavy atom. The molecule has 23 heavy (non-hydrogen) atoms. The van der Waals surface area contributed by atoms with Gasteiger partial charge in [-0.25, -0.2) is 4.79 Å². The van der Waals surface area contributed by atoms with E-state index >= 15 is 0 Å². The van der Waals surface area contributed by atoms with Gasteiger partial charge in [0.05, 0.1) is 17.6 Å². The number of aryl methyl sites for hydroxylation is 1. The first-order chi connectivity index (χ1) is 11.2. The molecule has 2 N–H and O–H groups in total. The van der Waals surface area contributed by atoms with Crippen molar-refractivity contribution < 1.29 is 9.59 Å². The number of carbonyl (C=O) groups is 2. The average molecular weight is 311 g/mol. The fourth-order valence-electron chi connectivity index (χ4n) is 3.13. The molecule has 3 amide bonds. The van der Waals surface area contributed by atoms with E-state index in [0.717, 1.165) is 29.9 Å². The standard InChI is InChI=1S/C16H17N5O2/c22-15(21-8-1-2-13-14(21)10-18-19-13)11-3-5-12(6-4-11)20-9-7-17-16(20)23/h3-6,10H,1-2,7-9H2,(H,17,23)(H,18,19). The van der Waals surface area contributed by atoms with Crippen LogP contribution in [0.15, 0.2) is 30.5 Å². The van der Waals surface area contributed by atoms with Crippen molar-refractivity contribution in [2.24, 2.45) is 0 Å². The summed E-state index contributed by atoms with van der Waals surface area (Å²) in [5, 5.41) is 9.75. The van der Waals surface area contributed by atoms with E-state index in [0.29, 0.717) is 25.2 Å². The third-order valence-electron chi connectivity index (χ3n) is 4.32. The van der Waals surface area contributed by atoms with Crippen molar-refractivity contribution in [1.29, 1.82) is 0 Å². The summed E-state index contributed by atoms with van der Waals surface area (Å²) in [7, 11) is 0. The Balaban J connectivity index is 1.57. The Bertz CT molecular complexity index is 752. The third-order valence-corrected chi connectivity index (χ3v) is 4.32. The number of aromatic amines is 1. The zero-order valence-electron chi connectivity index (χ0n) is 12.6. The van der Waals surface area contributed by atoms with Crippen LogP contribution in [0.5, 0.6) is 0 Å². The van der Waals surface area contributed by atoms with Gasteiger partial charge in [-0.15, -0.1) is 0 Å². The fourth-order valence-corrected chi connectivity index (χ4v) is 3.13. The number of nitrogens with zero attached hydrogens (tertiary/aromatic N) is 3. The second-order valence-electron chi connectivity index (χ2n) is 5.72. The molecule has 4 rings (SSSR count). The molecule has 0 aliphatic carbocycles. The number of H-pyrrole nitrogens is 1. The zero-order chi connectivity index (χ0) is 15.8. The second kappa shape index (κ2) is 5.42. The molecular weight excluding hydrogens is 294 g/mol. The molecule has 0 atom stereocenters. The molecule has 0 saturated carbocycles. The number of anilines is 2. The predicted octanol–water partition coefficient (Wildman–Crippen LogP) is 1.53. The molecule has 0 spiro atoms. The number of carbonyl (C=O) groups excluding carboxylic acids is 2. The van der Waals surface area contributed by atoms with Crippen molar-refractivity contribution in [2.45, 2.75) is 12.8 Å². The molecule has 0 unspecified atom stereocenters. The van der Waals surface area contributed by atoms with Gasteiger partial charge in [-0.2, -0.15) is 5.10 Å². The predicted molar refractivity (Wildman–Crippen MR) is 85.8 cm³/mol. The normalized spacial score (nSPS) is 17.1. The van der Waals surface area contributed by atoms with E-state index in [1.165, 1.54) is 0 Å². The van der Waals surface area contributed by atoms with E-state index in [1.54, 1.807) is 28.1 Å². The highest BCUT2D eigenvalue weighted by molar-refractivity contribution is 6.07. The molecule has 0 bridgehead atoms. The van der Waals surface area contributed by atoms with Crippen LogP contribution in [0.25, 0.3) is 0 Å². The first-order valence-corrected chi connectivity index (χ1v) is 7.73. The van der Waals surface area contributed by atoms with Crippen molar-refractivity contribution >= 4 is 23.3 Å². The minimum Gasteiger partial charge on any atom is -0.336 e. The summed E-state index contributed by atoms with van der Waals surface area (Å²) in [6.45, 7) is 1.99. The lowest BCUT2D eigenvalue weighted by Crippen LogP contribution is -2.35. The third kappa shape index (κ3) is 2.34. The molecule has 118 valence electrons. The fraction of sp³-hybridized carbons (Fsp3) is 0.312. The number of hydrogen-bond acceptors (Lipinski definition) is 3. The van der Waals surface area contributed by atoms with Crippen molar-refractivity contribution in [3.63, 3.8) is 0 Å².